The van der Waals surface area contributed by atoms with Gasteiger partial charge in [0.2, 0.25) is 0 Å². The third kappa shape index (κ3) is 3.68. The first-order chi connectivity index (χ1) is 9.78. The highest BCUT2D eigenvalue weighted by Crippen LogP contribution is 2.34. The first-order valence-corrected chi connectivity index (χ1v) is 5.70. The van der Waals surface area contributed by atoms with E-state index in [-0.39, 0.29) is 11.1 Å². The average Bonchev–Trinajstić information content (AvgIpc) is 2.37. The Kier molecular flexibility index (Phi) is 4.11. The molecule has 112 valence electrons. The van der Waals surface area contributed by atoms with Crippen LogP contribution in [-0.4, -0.2) is 6.36 Å². The first kappa shape index (κ1) is 15.2. The van der Waals surface area contributed by atoms with E-state index >= 15 is 0 Å². The van der Waals surface area contributed by atoms with Crippen molar-refractivity contribution >= 4 is 0 Å². The summed E-state index contributed by atoms with van der Waals surface area (Å²) in [4.78, 5) is 0. The van der Waals surface area contributed by atoms with Gasteiger partial charge in [-0.25, -0.2) is 13.2 Å². The number of ether oxygens (including phenoxy) is 1. The number of rotatable bonds is 3. The summed E-state index contributed by atoms with van der Waals surface area (Å²) in [6, 6.07) is 7.67. The third-order valence-corrected chi connectivity index (χ3v) is 2.67. The summed E-state index contributed by atoms with van der Waals surface area (Å²) in [5, 5.41) is 0. The molecule has 1 nitrogen and oxygen atoms in total. The Labute approximate surface area is 115 Å². The Bertz CT molecular complexity index is 618. The minimum atomic E-state index is -4.84. The van der Waals surface area contributed by atoms with Crippen LogP contribution in [0.5, 0.6) is 5.75 Å². The predicted molar refractivity (Wildman–Crippen MR) is 63.5 cm³/mol. The van der Waals surface area contributed by atoms with E-state index in [2.05, 4.69) is 4.74 Å². The van der Waals surface area contributed by atoms with Crippen molar-refractivity contribution in [1.29, 1.82) is 0 Å². The molecule has 21 heavy (non-hydrogen) atoms. The highest BCUT2D eigenvalue weighted by Gasteiger charge is 2.31. The molecule has 7 heteroatoms. The number of hydrogen-bond acceptors (Lipinski definition) is 1. The first-order valence-electron chi connectivity index (χ1n) is 5.70. The molecule has 0 aliphatic heterocycles. The van der Waals surface area contributed by atoms with Crippen LogP contribution in [0.2, 0.25) is 0 Å². The summed E-state index contributed by atoms with van der Waals surface area (Å²) >= 11 is 0. The maximum absolute atomic E-state index is 13.4. The number of halogens is 6. The Morgan fingerprint density at radius 3 is 2.05 bits per heavy atom. The molecule has 2 aromatic carbocycles. The van der Waals surface area contributed by atoms with Crippen molar-refractivity contribution in [2.24, 2.45) is 0 Å². The summed E-state index contributed by atoms with van der Waals surface area (Å²) in [6.07, 6.45) is -7.87. The van der Waals surface area contributed by atoms with Gasteiger partial charge in [0.25, 0.3) is 6.43 Å². The van der Waals surface area contributed by atoms with E-state index < -0.39 is 29.9 Å². The lowest BCUT2D eigenvalue weighted by atomic mass is 9.99. The van der Waals surface area contributed by atoms with Crippen molar-refractivity contribution in [2.45, 2.75) is 12.8 Å². The lowest BCUT2D eigenvalue weighted by Gasteiger charge is -2.12. The summed E-state index contributed by atoms with van der Waals surface area (Å²) in [6.45, 7) is 0. The van der Waals surface area contributed by atoms with E-state index in [1.165, 1.54) is 12.1 Å². The van der Waals surface area contributed by atoms with Gasteiger partial charge in [0.15, 0.2) is 0 Å². The number of benzene rings is 2. The van der Waals surface area contributed by atoms with Crippen LogP contribution >= 0.6 is 0 Å². The minimum absolute atomic E-state index is 0.0800. The van der Waals surface area contributed by atoms with E-state index in [9.17, 15) is 26.3 Å². The molecule has 0 saturated heterocycles. The molecule has 0 saturated carbocycles. The van der Waals surface area contributed by atoms with Gasteiger partial charge in [-0.3, -0.25) is 0 Å². The molecule has 0 atom stereocenters. The SMILES string of the molecule is Fc1cccc(-c2ccc(OC(F)(F)F)cc2)c1C(F)F. The quantitative estimate of drug-likeness (QED) is 0.696. The molecule has 0 N–H and O–H groups in total. The fourth-order valence-electron chi connectivity index (χ4n) is 1.85. The van der Waals surface area contributed by atoms with Gasteiger partial charge in [0.1, 0.15) is 11.6 Å². The van der Waals surface area contributed by atoms with Crippen LogP contribution in [0.15, 0.2) is 42.5 Å². The normalized spacial score (nSPS) is 11.8. The van der Waals surface area contributed by atoms with Gasteiger partial charge in [-0.1, -0.05) is 24.3 Å². The second-order valence-electron chi connectivity index (χ2n) is 4.07. The van der Waals surface area contributed by atoms with Crippen molar-refractivity contribution in [2.75, 3.05) is 0 Å². The molecule has 0 unspecified atom stereocenters. The van der Waals surface area contributed by atoms with Gasteiger partial charge in [-0.2, -0.15) is 0 Å². The van der Waals surface area contributed by atoms with Crippen molar-refractivity contribution in [3.8, 4) is 16.9 Å². The number of hydrogen-bond donors (Lipinski definition) is 0. The van der Waals surface area contributed by atoms with Gasteiger partial charge in [-0.05, 0) is 29.3 Å². The highest BCUT2D eigenvalue weighted by molar-refractivity contribution is 5.68. The standard InChI is InChI=1S/C14H8F6O/c15-11-3-1-2-10(12(11)13(16)17)8-4-6-9(7-5-8)21-14(18,19)20/h1-7,13H. The lowest BCUT2D eigenvalue weighted by Crippen LogP contribution is -2.16. The molecular weight excluding hydrogens is 298 g/mol. The monoisotopic (exact) mass is 306 g/mol. The summed E-state index contributed by atoms with van der Waals surface area (Å²) in [5.74, 6) is -1.56. The van der Waals surface area contributed by atoms with Crippen LogP contribution in [0, 0.1) is 5.82 Å². The Morgan fingerprint density at radius 1 is 0.905 bits per heavy atom. The second kappa shape index (κ2) is 5.67. The van der Waals surface area contributed by atoms with Crippen molar-refractivity contribution in [3.63, 3.8) is 0 Å². The zero-order valence-electron chi connectivity index (χ0n) is 10.3. The van der Waals surface area contributed by atoms with E-state index in [1.54, 1.807) is 0 Å². The Morgan fingerprint density at radius 2 is 1.52 bits per heavy atom. The number of alkyl halides is 5. The molecule has 0 aliphatic carbocycles. The molecule has 2 aromatic rings. The van der Waals surface area contributed by atoms with Crippen LogP contribution in [0.1, 0.15) is 12.0 Å². The summed E-state index contributed by atoms with van der Waals surface area (Å²) < 4.78 is 78.9. The van der Waals surface area contributed by atoms with Crippen molar-refractivity contribution in [3.05, 3.63) is 53.8 Å². The molecule has 2 rings (SSSR count). The largest absolute Gasteiger partial charge is 0.573 e. The molecule has 0 aliphatic rings. The molecule has 0 aromatic heterocycles. The van der Waals surface area contributed by atoms with Gasteiger partial charge in [-0.15, -0.1) is 13.2 Å². The zero-order chi connectivity index (χ0) is 15.6. The maximum Gasteiger partial charge on any atom is 0.573 e. The van der Waals surface area contributed by atoms with Gasteiger partial charge in [0.05, 0.1) is 5.56 Å². The van der Waals surface area contributed by atoms with Gasteiger partial charge < -0.3 is 4.74 Å². The van der Waals surface area contributed by atoms with Crippen LogP contribution < -0.4 is 4.74 Å². The molecule has 0 heterocycles. The van der Waals surface area contributed by atoms with Crippen LogP contribution in [-0.2, 0) is 0 Å². The van der Waals surface area contributed by atoms with Crippen LogP contribution in [0.4, 0.5) is 26.3 Å². The van der Waals surface area contributed by atoms with Crippen LogP contribution in [0.25, 0.3) is 11.1 Å². The minimum Gasteiger partial charge on any atom is -0.406 e. The van der Waals surface area contributed by atoms with E-state index in [4.69, 9.17) is 0 Å². The molecule has 0 amide bonds. The highest BCUT2D eigenvalue weighted by atomic mass is 19.4. The van der Waals surface area contributed by atoms with E-state index in [1.807, 2.05) is 0 Å². The van der Waals surface area contributed by atoms with Crippen molar-refractivity contribution in [1.82, 2.24) is 0 Å². The van der Waals surface area contributed by atoms with Crippen molar-refractivity contribution < 1.29 is 31.1 Å². The van der Waals surface area contributed by atoms with E-state index in [0.717, 1.165) is 30.3 Å². The average molecular weight is 306 g/mol. The topological polar surface area (TPSA) is 9.23 Å². The smallest absolute Gasteiger partial charge is 0.406 e. The van der Waals surface area contributed by atoms with Gasteiger partial charge in [0, 0.05) is 0 Å². The molecule has 0 radical (unpaired) electrons. The maximum atomic E-state index is 13.4. The fraction of sp³-hybridized carbons (Fsp3) is 0.143. The summed E-state index contributed by atoms with van der Waals surface area (Å²) in [5.41, 5.74) is -0.704. The molecule has 0 bridgehead atoms. The van der Waals surface area contributed by atoms with E-state index in [0.29, 0.717) is 0 Å². The second-order valence-corrected chi connectivity index (χ2v) is 4.07. The molecule has 0 spiro atoms. The molecular formula is C14H8F6O. The van der Waals surface area contributed by atoms with Gasteiger partial charge >= 0.3 is 6.36 Å². The Hall–Kier alpha value is -2.18. The zero-order valence-corrected chi connectivity index (χ0v) is 10.3. The molecule has 0 fully saturated rings. The fourth-order valence-corrected chi connectivity index (χ4v) is 1.85. The summed E-state index contributed by atoms with van der Waals surface area (Å²) in [7, 11) is 0. The predicted octanol–water partition coefficient (Wildman–Crippen LogP) is 5.33. The Balaban J connectivity index is 2.38. The third-order valence-electron chi connectivity index (χ3n) is 2.67. The van der Waals surface area contributed by atoms with Crippen LogP contribution in [0.3, 0.4) is 0 Å². The lowest BCUT2D eigenvalue weighted by molar-refractivity contribution is -0.274.